The number of Topliss-reactive ketones (excluding diaryl/α,β-unsaturated/α-hetero) is 1. The molecule has 3 nitrogen and oxygen atoms in total. The number of carbonyl (C=O) groups is 1. The number of anilines is 1. The standard InChI is InChI=1S/C16H16ClNO2/c1-20-16-6-5-13(17)9-12(16)10-15(19)8-11-3-2-4-14(18)7-11/h2-7,9H,8,10,18H2,1H3. The fourth-order valence-electron chi connectivity index (χ4n) is 2.09. The van der Waals surface area contributed by atoms with Gasteiger partial charge in [0.1, 0.15) is 11.5 Å². The first kappa shape index (κ1) is 14.4. The van der Waals surface area contributed by atoms with E-state index in [0.717, 1.165) is 11.1 Å². The molecule has 0 heterocycles. The Morgan fingerprint density at radius 3 is 2.70 bits per heavy atom. The highest BCUT2D eigenvalue weighted by Gasteiger charge is 2.10. The van der Waals surface area contributed by atoms with Gasteiger partial charge in [-0.2, -0.15) is 0 Å². The highest BCUT2D eigenvalue weighted by atomic mass is 35.5. The molecular formula is C16H16ClNO2. The molecule has 2 aromatic rings. The molecule has 0 unspecified atom stereocenters. The van der Waals surface area contributed by atoms with Gasteiger partial charge in [-0.05, 0) is 35.9 Å². The van der Waals surface area contributed by atoms with Crippen molar-refractivity contribution < 1.29 is 9.53 Å². The van der Waals surface area contributed by atoms with Crippen molar-refractivity contribution in [2.75, 3.05) is 12.8 Å². The number of ketones is 1. The van der Waals surface area contributed by atoms with E-state index in [1.807, 2.05) is 18.2 Å². The number of rotatable bonds is 5. The number of benzene rings is 2. The summed E-state index contributed by atoms with van der Waals surface area (Å²) < 4.78 is 5.24. The number of hydrogen-bond donors (Lipinski definition) is 1. The van der Waals surface area contributed by atoms with E-state index >= 15 is 0 Å². The van der Waals surface area contributed by atoms with Crippen LogP contribution in [0.2, 0.25) is 5.02 Å². The fraction of sp³-hybridized carbons (Fsp3) is 0.188. The summed E-state index contributed by atoms with van der Waals surface area (Å²) in [6, 6.07) is 12.6. The molecule has 2 aromatic carbocycles. The topological polar surface area (TPSA) is 52.3 Å². The molecule has 2 rings (SSSR count). The van der Waals surface area contributed by atoms with Crippen LogP contribution < -0.4 is 10.5 Å². The van der Waals surface area contributed by atoms with E-state index in [1.54, 1.807) is 31.4 Å². The van der Waals surface area contributed by atoms with Gasteiger partial charge >= 0.3 is 0 Å². The summed E-state index contributed by atoms with van der Waals surface area (Å²) in [6.07, 6.45) is 0.638. The van der Waals surface area contributed by atoms with Gasteiger partial charge < -0.3 is 10.5 Å². The number of carbonyl (C=O) groups excluding carboxylic acids is 1. The van der Waals surface area contributed by atoms with Gasteiger partial charge in [-0.3, -0.25) is 4.79 Å². The summed E-state index contributed by atoms with van der Waals surface area (Å²) in [6.45, 7) is 0. The van der Waals surface area contributed by atoms with Crippen LogP contribution in [0.15, 0.2) is 42.5 Å². The zero-order valence-electron chi connectivity index (χ0n) is 11.2. The van der Waals surface area contributed by atoms with E-state index in [1.165, 1.54) is 0 Å². The fourth-order valence-corrected chi connectivity index (χ4v) is 2.29. The monoisotopic (exact) mass is 289 g/mol. The largest absolute Gasteiger partial charge is 0.496 e. The minimum absolute atomic E-state index is 0.0937. The van der Waals surface area contributed by atoms with Gasteiger partial charge in [0.25, 0.3) is 0 Å². The molecule has 0 aliphatic heterocycles. The van der Waals surface area contributed by atoms with Crippen LogP contribution in [0.3, 0.4) is 0 Å². The molecule has 0 aromatic heterocycles. The highest BCUT2D eigenvalue weighted by Crippen LogP contribution is 2.23. The maximum atomic E-state index is 12.1. The molecule has 104 valence electrons. The second-order valence-corrected chi connectivity index (χ2v) is 5.03. The van der Waals surface area contributed by atoms with Gasteiger partial charge in [-0.25, -0.2) is 0 Å². The normalized spacial score (nSPS) is 10.3. The molecule has 0 amide bonds. The first-order chi connectivity index (χ1) is 9.58. The van der Waals surface area contributed by atoms with E-state index in [2.05, 4.69) is 0 Å². The summed E-state index contributed by atoms with van der Waals surface area (Å²) in [5.74, 6) is 0.770. The van der Waals surface area contributed by atoms with Crippen LogP contribution in [0.1, 0.15) is 11.1 Å². The average molecular weight is 290 g/mol. The Bertz CT molecular complexity index is 626. The Hall–Kier alpha value is -2.00. The molecule has 0 bridgehead atoms. The third kappa shape index (κ3) is 3.75. The zero-order valence-corrected chi connectivity index (χ0v) is 12.0. The highest BCUT2D eigenvalue weighted by molar-refractivity contribution is 6.30. The van der Waals surface area contributed by atoms with E-state index in [-0.39, 0.29) is 5.78 Å². The third-order valence-corrected chi connectivity index (χ3v) is 3.22. The van der Waals surface area contributed by atoms with Gasteiger partial charge in [0.2, 0.25) is 0 Å². The van der Waals surface area contributed by atoms with Crippen molar-refractivity contribution in [3.63, 3.8) is 0 Å². The molecule has 0 atom stereocenters. The quantitative estimate of drug-likeness (QED) is 0.859. The van der Waals surface area contributed by atoms with Gasteiger partial charge in [0.15, 0.2) is 0 Å². The Labute approximate surface area is 123 Å². The van der Waals surface area contributed by atoms with Crippen LogP contribution in [0, 0.1) is 0 Å². The lowest BCUT2D eigenvalue weighted by Crippen LogP contribution is -2.08. The molecule has 0 fully saturated rings. The Balaban J connectivity index is 2.10. The van der Waals surface area contributed by atoms with Gasteiger partial charge in [-0.1, -0.05) is 23.7 Å². The Morgan fingerprint density at radius 2 is 2.00 bits per heavy atom. The van der Waals surface area contributed by atoms with Crippen molar-refractivity contribution in [3.8, 4) is 5.75 Å². The molecule has 0 aliphatic rings. The minimum atomic E-state index is 0.0937. The predicted molar refractivity (Wildman–Crippen MR) is 81.3 cm³/mol. The number of hydrogen-bond acceptors (Lipinski definition) is 3. The molecule has 0 aliphatic carbocycles. The maximum Gasteiger partial charge on any atom is 0.141 e. The van der Waals surface area contributed by atoms with Crippen LogP contribution in [0.5, 0.6) is 5.75 Å². The molecule has 0 saturated heterocycles. The molecule has 20 heavy (non-hydrogen) atoms. The SMILES string of the molecule is COc1ccc(Cl)cc1CC(=O)Cc1cccc(N)c1. The first-order valence-electron chi connectivity index (χ1n) is 6.27. The molecule has 2 N–H and O–H groups in total. The lowest BCUT2D eigenvalue weighted by Gasteiger charge is -2.08. The maximum absolute atomic E-state index is 12.1. The smallest absolute Gasteiger partial charge is 0.141 e. The number of nitrogen functional groups attached to an aromatic ring is 1. The van der Waals surface area contributed by atoms with Crippen LogP contribution in [0.4, 0.5) is 5.69 Å². The summed E-state index contributed by atoms with van der Waals surface area (Å²) in [4.78, 5) is 12.1. The van der Waals surface area contributed by atoms with Crippen LogP contribution in [0.25, 0.3) is 0 Å². The van der Waals surface area contributed by atoms with Crippen LogP contribution >= 0.6 is 11.6 Å². The third-order valence-electron chi connectivity index (χ3n) is 2.98. The minimum Gasteiger partial charge on any atom is -0.496 e. The lowest BCUT2D eigenvalue weighted by molar-refractivity contribution is -0.117. The molecular weight excluding hydrogens is 274 g/mol. The van der Waals surface area contributed by atoms with Crippen molar-refractivity contribution >= 4 is 23.1 Å². The Kier molecular flexibility index (Phi) is 4.64. The van der Waals surface area contributed by atoms with Crippen molar-refractivity contribution in [1.82, 2.24) is 0 Å². The van der Waals surface area contributed by atoms with Gasteiger partial charge in [0.05, 0.1) is 7.11 Å². The van der Waals surface area contributed by atoms with Gasteiger partial charge in [-0.15, -0.1) is 0 Å². The number of nitrogens with two attached hydrogens (primary N) is 1. The van der Waals surface area contributed by atoms with Crippen molar-refractivity contribution in [2.45, 2.75) is 12.8 Å². The van der Waals surface area contributed by atoms with Gasteiger partial charge in [0, 0.05) is 29.1 Å². The second kappa shape index (κ2) is 6.44. The number of ether oxygens (including phenoxy) is 1. The molecule has 0 saturated carbocycles. The molecule has 4 heteroatoms. The van der Waals surface area contributed by atoms with Crippen LogP contribution in [-0.2, 0) is 17.6 Å². The molecule has 0 spiro atoms. The first-order valence-corrected chi connectivity index (χ1v) is 6.65. The second-order valence-electron chi connectivity index (χ2n) is 4.59. The summed E-state index contributed by atoms with van der Waals surface area (Å²) in [5.41, 5.74) is 8.08. The van der Waals surface area contributed by atoms with Crippen molar-refractivity contribution in [2.24, 2.45) is 0 Å². The van der Waals surface area contributed by atoms with E-state index in [0.29, 0.717) is 29.3 Å². The average Bonchev–Trinajstić information content (AvgIpc) is 2.38. The van der Waals surface area contributed by atoms with E-state index in [9.17, 15) is 4.79 Å². The number of halogens is 1. The zero-order chi connectivity index (χ0) is 14.5. The predicted octanol–water partition coefficient (Wildman–Crippen LogP) is 3.29. The Morgan fingerprint density at radius 1 is 1.20 bits per heavy atom. The molecule has 0 radical (unpaired) electrons. The number of methoxy groups -OCH3 is 1. The van der Waals surface area contributed by atoms with E-state index in [4.69, 9.17) is 22.1 Å². The van der Waals surface area contributed by atoms with Crippen molar-refractivity contribution in [3.05, 3.63) is 58.6 Å². The van der Waals surface area contributed by atoms with E-state index < -0.39 is 0 Å². The summed E-state index contributed by atoms with van der Waals surface area (Å²) >= 11 is 5.95. The lowest BCUT2D eigenvalue weighted by atomic mass is 10.0. The van der Waals surface area contributed by atoms with Crippen LogP contribution in [-0.4, -0.2) is 12.9 Å². The summed E-state index contributed by atoms with van der Waals surface area (Å²) in [7, 11) is 1.58. The summed E-state index contributed by atoms with van der Waals surface area (Å²) in [5, 5.41) is 0.595. The van der Waals surface area contributed by atoms with Crippen molar-refractivity contribution in [1.29, 1.82) is 0 Å².